The molecular weight excluding hydrogens is 338 g/mol. The highest BCUT2D eigenvalue weighted by Gasteiger charge is 1.99. The van der Waals surface area contributed by atoms with Crippen LogP contribution in [0.2, 0.25) is 5.02 Å². The minimum Gasteiger partial charge on any atom is -0.497 e. The number of hydrogen-bond acceptors (Lipinski definition) is 2. The molecule has 2 nitrogen and oxygen atoms in total. The fourth-order valence-corrected chi connectivity index (χ4v) is 2.36. The molecule has 2 rings (SSSR count). The van der Waals surface area contributed by atoms with Gasteiger partial charge in [0.15, 0.2) is 0 Å². The van der Waals surface area contributed by atoms with E-state index in [1.54, 1.807) is 7.11 Å². The van der Waals surface area contributed by atoms with Gasteiger partial charge >= 0.3 is 0 Å². The Balaban J connectivity index is 1.76. The second-order valence-corrected chi connectivity index (χ2v) is 5.78. The molecule has 0 unspecified atom stereocenters. The maximum atomic E-state index is 6.06. The summed E-state index contributed by atoms with van der Waals surface area (Å²) in [5, 5.41) is 4.17. The van der Waals surface area contributed by atoms with Crippen LogP contribution in [0.1, 0.15) is 11.1 Å². The summed E-state index contributed by atoms with van der Waals surface area (Å²) in [6, 6.07) is 14.2. The van der Waals surface area contributed by atoms with Crippen molar-refractivity contribution >= 4 is 27.5 Å². The Labute approximate surface area is 133 Å². The lowest BCUT2D eigenvalue weighted by Gasteiger charge is -2.07. The number of benzene rings is 2. The molecule has 0 aromatic heterocycles. The maximum Gasteiger partial charge on any atom is 0.118 e. The van der Waals surface area contributed by atoms with Crippen LogP contribution in [0.25, 0.3) is 0 Å². The second-order valence-electron chi connectivity index (χ2n) is 4.52. The van der Waals surface area contributed by atoms with Gasteiger partial charge in [-0.2, -0.15) is 0 Å². The molecule has 106 valence electrons. The van der Waals surface area contributed by atoms with Crippen LogP contribution < -0.4 is 10.1 Å². The van der Waals surface area contributed by atoms with Crippen molar-refractivity contribution in [3.63, 3.8) is 0 Å². The zero-order chi connectivity index (χ0) is 14.4. The number of halogens is 2. The van der Waals surface area contributed by atoms with E-state index < -0.39 is 0 Å². The molecular formula is C16H17BrClNO. The van der Waals surface area contributed by atoms with Crippen molar-refractivity contribution in [2.75, 3.05) is 13.7 Å². The molecule has 0 bridgehead atoms. The number of rotatable bonds is 6. The van der Waals surface area contributed by atoms with E-state index in [0.29, 0.717) is 0 Å². The molecule has 0 fully saturated rings. The predicted octanol–water partition coefficient (Wildman–Crippen LogP) is 4.44. The van der Waals surface area contributed by atoms with Gasteiger partial charge in [-0.3, -0.25) is 0 Å². The molecule has 0 saturated carbocycles. The summed E-state index contributed by atoms with van der Waals surface area (Å²) < 4.78 is 6.07. The van der Waals surface area contributed by atoms with Crippen LogP contribution in [0.5, 0.6) is 5.75 Å². The first-order chi connectivity index (χ1) is 9.69. The molecule has 0 radical (unpaired) electrons. The molecule has 2 aromatic rings. The zero-order valence-corrected chi connectivity index (χ0v) is 13.7. The van der Waals surface area contributed by atoms with Gasteiger partial charge in [-0.1, -0.05) is 29.8 Å². The van der Waals surface area contributed by atoms with Crippen molar-refractivity contribution < 1.29 is 4.74 Å². The Morgan fingerprint density at radius 2 is 1.80 bits per heavy atom. The Bertz CT molecular complexity index is 557. The fraction of sp³-hybridized carbons (Fsp3) is 0.250. The Kier molecular flexibility index (Phi) is 5.89. The van der Waals surface area contributed by atoms with Crippen molar-refractivity contribution in [2.45, 2.75) is 13.0 Å². The third-order valence-electron chi connectivity index (χ3n) is 3.06. The minimum atomic E-state index is 0.749. The van der Waals surface area contributed by atoms with Gasteiger partial charge in [0, 0.05) is 11.0 Å². The van der Waals surface area contributed by atoms with E-state index in [4.69, 9.17) is 16.3 Å². The molecule has 4 heteroatoms. The summed E-state index contributed by atoms with van der Waals surface area (Å²) in [5.74, 6) is 0.895. The number of ether oxygens (including phenoxy) is 1. The van der Waals surface area contributed by atoms with E-state index in [-0.39, 0.29) is 0 Å². The maximum absolute atomic E-state index is 6.06. The van der Waals surface area contributed by atoms with Crippen LogP contribution in [-0.2, 0) is 13.0 Å². The summed E-state index contributed by atoms with van der Waals surface area (Å²) in [5.41, 5.74) is 2.49. The van der Waals surface area contributed by atoms with Gasteiger partial charge in [-0.15, -0.1) is 0 Å². The largest absolute Gasteiger partial charge is 0.497 e. The van der Waals surface area contributed by atoms with E-state index >= 15 is 0 Å². The SMILES string of the molecule is COc1ccc(CCNCc2ccc(Br)c(Cl)c2)cc1. The van der Waals surface area contributed by atoms with Crippen LogP contribution in [-0.4, -0.2) is 13.7 Å². The van der Waals surface area contributed by atoms with Gasteiger partial charge in [0.1, 0.15) is 5.75 Å². The third-order valence-corrected chi connectivity index (χ3v) is 4.30. The summed E-state index contributed by atoms with van der Waals surface area (Å²) in [4.78, 5) is 0. The van der Waals surface area contributed by atoms with E-state index in [2.05, 4.69) is 39.4 Å². The third kappa shape index (κ3) is 4.51. The number of hydrogen-bond donors (Lipinski definition) is 1. The van der Waals surface area contributed by atoms with Crippen LogP contribution in [0.4, 0.5) is 0 Å². The Morgan fingerprint density at radius 1 is 1.10 bits per heavy atom. The molecule has 0 heterocycles. The minimum absolute atomic E-state index is 0.749. The van der Waals surface area contributed by atoms with Crippen LogP contribution in [0, 0.1) is 0 Å². The van der Waals surface area contributed by atoms with Crippen molar-refractivity contribution in [3.8, 4) is 5.75 Å². The molecule has 1 N–H and O–H groups in total. The first-order valence-electron chi connectivity index (χ1n) is 6.46. The number of nitrogens with one attached hydrogen (secondary N) is 1. The molecule has 0 aliphatic carbocycles. The Hall–Kier alpha value is -1.03. The van der Waals surface area contributed by atoms with Crippen molar-refractivity contribution in [3.05, 3.63) is 63.1 Å². The van der Waals surface area contributed by atoms with Crippen molar-refractivity contribution in [1.29, 1.82) is 0 Å². The van der Waals surface area contributed by atoms with Crippen LogP contribution >= 0.6 is 27.5 Å². The topological polar surface area (TPSA) is 21.3 Å². The molecule has 0 amide bonds. The first-order valence-corrected chi connectivity index (χ1v) is 7.63. The van der Waals surface area contributed by atoms with Crippen molar-refractivity contribution in [2.24, 2.45) is 0 Å². The second kappa shape index (κ2) is 7.67. The quantitative estimate of drug-likeness (QED) is 0.774. The molecule has 0 aliphatic heterocycles. The lowest BCUT2D eigenvalue weighted by atomic mass is 10.1. The summed E-state index contributed by atoms with van der Waals surface area (Å²) >= 11 is 9.46. The average Bonchev–Trinajstić information content (AvgIpc) is 2.48. The van der Waals surface area contributed by atoms with Gasteiger partial charge in [-0.25, -0.2) is 0 Å². The van der Waals surface area contributed by atoms with E-state index in [1.807, 2.05) is 24.3 Å². The van der Waals surface area contributed by atoms with Gasteiger partial charge in [-0.05, 0) is 64.3 Å². The zero-order valence-electron chi connectivity index (χ0n) is 11.3. The summed E-state index contributed by atoms with van der Waals surface area (Å²) in [6.45, 7) is 1.75. The fourth-order valence-electron chi connectivity index (χ4n) is 1.91. The monoisotopic (exact) mass is 353 g/mol. The highest BCUT2D eigenvalue weighted by Crippen LogP contribution is 2.23. The van der Waals surface area contributed by atoms with Gasteiger partial charge in [0.05, 0.1) is 12.1 Å². The van der Waals surface area contributed by atoms with Crippen molar-refractivity contribution in [1.82, 2.24) is 5.32 Å². The van der Waals surface area contributed by atoms with Gasteiger partial charge < -0.3 is 10.1 Å². The van der Waals surface area contributed by atoms with E-state index in [0.717, 1.165) is 34.8 Å². The lowest BCUT2D eigenvalue weighted by Crippen LogP contribution is -2.16. The molecule has 2 aromatic carbocycles. The normalized spacial score (nSPS) is 10.6. The van der Waals surface area contributed by atoms with E-state index in [1.165, 1.54) is 11.1 Å². The van der Waals surface area contributed by atoms with Crippen LogP contribution in [0.3, 0.4) is 0 Å². The standard InChI is InChI=1S/C16H17BrClNO/c1-20-14-5-2-12(3-6-14)8-9-19-11-13-4-7-15(17)16(18)10-13/h2-7,10,19H,8-9,11H2,1H3. The molecule has 0 spiro atoms. The summed E-state index contributed by atoms with van der Waals surface area (Å²) in [6.07, 6.45) is 0.994. The molecule has 0 aliphatic rings. The molecule has 0 atom stereocenters. The smallest absolute Gasteiger partial charge is 0.118 e. The molecule has 20 heavy (non-hydrogen) atoms. The Morgan fingerprint density at radius 3 is 2.45 bits per heavy atom. The first kappa shape index (κ1) is 15.4. The number of methoxy groups -OCH3 is 1. The highest BCUT2D eigenvalue weighted by molar-refractivity contribution is 9.10. The lowest BCUT2D eigenvalue weighted by molar-refractivity contribution is 0.414. The predicted molar refractivity (Wildman–Crippen MR) is 87.6 cm³/mol. The average molecular weight is 355 g/mol. The van der Waals surface area contributed by atoms with Gasteiger partial charge in [0.2, 0.25) is 0 Å². The van der Waals surface area contributed by atoms with Gasteiger partial charge in [0.25, 0.3) is 0 Å². The van der Waals surface area contributed by atoms with Crippen LogP contribution in [0.15, 0.2) is 46.9 Å². The van der Waals surface area contributed by atoms with E-state index in [9.17, 15) is 0 Å². The molecule has 0 saturated heterocycles. The summed E-state index contributed by atoms with van der Waals surface area (Å²) in [7, 11) is 1.68. The highest BCUT2D eigenvalue weighted by atomic mass is 79.9.